The normalized spacial score (nSPS) is 22.9. The molecule has 0 aliphatic carbocycles. The Kier molecular flexibility index (Phi) is 3.71. The molecule has 0 radical (unpaired) electrons. The van der Waals surface area contributed by atoms with Crippen molar-refractivity contribution < 1.29 is 8.42 Å². The fourth-order valence-electron chi connectivity index (χ4n) is 3.18. The molecular weight excluding hydrogens is 318 g/mol. The fraction of sp³-hybridized carbons (Fsp3) is 0.100. The van der Waals surface area contributed by atoms with Crippen molar-refractivity contribution in [3.63, 3.8) is 0 Å². The lowest BCUT2D eigenvalue weighted by molar-refractivity contribution is 0.547. The van der Waals surface area contributed by atoms with Crippen molar-refractivity contribution in [3.8, 4) is 0 Å². The zero-order valence-corrected chi connectivity index (χ0v) is 13.8. The molecule has 0 spiro atoms. The minimum absolute atomic E-state index is 0.154. The van der Waals surface area contributed by atoms with E-state index in [4.69, 9.17) is 0 Å². The van der Waals surface area contributed by atoms with E-state index in [1.54, 1.807) is 28.6 Å². The van der Waals surface area contributed by atoms with Gasteiger partial charge in [0.15, 0.2) is 0 Å². The van der Waals surface area contributed by atoms with Gasteiger partial charge in [-0.15, -0.1) is 0 Å². The molecule has 120 valence electrons. The molecule has 3 aromatic rings. The Bertz CT molecular complexity index is 880. The third-order valence-corrected chi connectivity index (χ3v) is 6.24. The van der Waals surface area contributed by atoms with Crippen LogP contribution in [0.1, 0.15) is 23.2 Å². The standard InChI is InChI=1S/C20H17NO2S/c22-24(23,18-14-8-3-9-15-18)21-19(16-10-4-1-5-11-16)20(21)17-12-6-2-7-13-17/h1-15,19-20H. The van der Waals surface area contributed by atoms with Crippen LogP contribution in [0.2, 0.25) is 0 Å². The molecule has 0 N–H and O–H groups in total. The van der Waals surface area contributed by atoms with Crippen LogP contribution in [0.25, 0.3) is 0 Å². The highest BCUT2D eigenvalue weighted by atomic mass is 32.2. The van der Waals surface area contributed by atoms with E-state index in [0.29, 0.717) is 4.90 Å². The summed E-state index contributed by atoms with van der Waals surface area (Å²) in [5.74, 6) is 0. The lowest BCUT2D eigenvalue weighted by Gasteiger charge is -2.07. The van der Waals surface area contributed by atoms with Crippen molar-refractivity contribution in [1.82, 2.24) is 4.31 Å². The summed E-state index contributed by atoms with van der Waals surface area (Å²) in [6.45, 7) is 0. The maximum absolute atomic E-state index is 13.1. The highest BCUT2D eigenvalue weighted by Crippen LogP contribution is 2.57. The predicted octanol–water partition coefficient (Wildman–Crippen LogP) is 4.17. The van der Waals surface area contributed by atoms with Gasteiger partial charge in [0.1, 0.15) is 0 Å². The number of benzene rings is 3. The zero-order valence-electron chi connectivity index (χ0n) is 13.0. The van der Waals surface area contributed by atoms with Crippen molar-refractivity contribution in [2.75, 3.05) is 0 Å². The van der Waals surface area contributed by atoms with E-state index in [-0.39, 0.29) is 12.1 Å². The predicted molar refractivity (Wildman–Crippen MR) is 93.8 cm³/mol. The molecule has 1 saturated heterocycles. The minimum atomic E-state index is -3.53. The first-order valence-electron chi connectivity index (χ1n) is 7.88. The van der Waals surface area contributed by atoms with Crippen molar-refractivity contribution in [2.24, 2.45) is 0 Å². The van der Waals surface area contributed by atoms with Gasteiger partial charge in [0.25, 0.3) is 0 Å². The fourth-order valence-corrected chi connectivity index (χ4v) is 4.95. The summed E-state index contributed by atoms with van der Waals surface area (Å²) >= 11 is 0. The molecule has 1 aliphatic rings. The van der Waals surface area contributed by atoms with Crippen molar-refractivity contribution in [2.45, 2.75) is 17.0 Å². The first kappa shape index (κ1) is 15.1. The quantitative estimate of drug-likeness (QED) is 0.671. The number of sulfonamides is 1. The molecule has 24 heavy (non-hydrogen) atoms. The summed E-state index contributed by atoms with van der Waals surface area (Å²) in [6.07, 6.45) is 0. The summed E-state index contributed by atoms with van der Waals surface area (Å²) < 4.78 is 27.8. The van der Waals surface area contributed by atoms with Crippen LogP contribution in [-0.4, -0.2) is 12.7 Å². The smallest absolute Gasteiger partial charge is 0.207 e. The van der Waals surface area contributed by atoms with Crippen molar-refractivity contribution >= 4 is 10.0 Å². The number of hydrogen-bond donors (Lipinski definition) is 0. The van der Waals surface area contributed by atoms with Crippen LogP contribution in [0.15, 0.2) is 95.9 Å². The van der Waals surface area contributed by atoms with E-state index in [1.165, 1.54) is 0 Å². The van der Waals surface area contributed by atoms with Gasteiger partial charge in [-0.1, -0.05) is 78.9 Å². The van der Waals surface area contributed by atoms with Gasteiger partial charge >= 0.3 is 0 Å². The Hall–Kier alpha value is -2.43. The third kappa shape index (κ3) is 2.54. The van der Waals surface area contributed by atoms with Gasteiger partial charge in [-0.2, -0.15) is 4.31 Å². The summed E-state index contributed by atoms with van der Waals surface area (Å²) in [5.41, 5.74) is 2.04. The van der Waals surface area contributed by atoms with E-state index >= 15 is 0 Å². The number of rotatable bonds is 4. The van der Waals surface area contributed by atoms with E-state index in [0.717, 1.165) is 11.1 Å². The largest absolute Gasteiger partial charge is 0.244 e. The van der Waals surface area contributed by atoms with E-state index in [2.05, 4.69) is 0 Å². The second-order valence-electron chi connectivity index (χ2n) is 5.86. The molecule has 3 nitrogen and oxygen atoms in total. The van der Waals surface area contributed by atoms with E-state index in [9.17, 15) is 8.42 Å². The van der Waals surface area contributed by atoms with E-state index < -0.39 is 10.0 Å². The highest BCUT2D eigenvalue weighted by Gasteiger charge is 2.56. The third-order valence-electron chi connectivity index (χ3n) is 4.36. The SMILES string of the molecule is O=S(=O)(c1ccccc1)N1C(c2ccccc2)C1c1ccccc1. The van der Waals surface area contributed by atoms with Gasteiger partial charge in [-0.3, -0.25) is 0 Å². The second-order valence-corrected chi connectivity index (χ2v) is 7.70. The molecule has 4 rings (SSSR count). The number of nitrogens with zero attached hydrogens (tertiary/aromatic N) is 1. The van der Waals surface area contributed by atoms with Gasteiger partial charge < -0.3 is 0 Å². The summed E-state index contributed by atoms with van der Waals surface area (Å²) in [5, 5.41) is 0. The van der Waals surface area contributed by atoms with Crippen molar-refractivity contribution in [3.05, 3.63) is 102 Å². The first-order valence-corrected chi connectivity index (χ1v) is 9.32. The molecule has 0 saturated carbocycles. The Morgan fingerprint density at radius 1 is 0.583 bits per heavy atom. The second kappa shape index (κ2) is 5.89. The summed E-state index contributed by atoms with van der Waals surface area (Å²) in [7, 11) is -3.53. The van der Waals surface area contributed by atoms with Gasteiger partial charge in [0, 0.05) is 0 Å². The molecule has 2 unspecified atom stereocenters. The average Bonchev–Trinajstić information content (AvgIpc) is 3.41. The molecule has 0 bridgehead atoms. The summed E-state index contributed by atoms with van der Waals surface area (Å²) in [6, 6.07) is 28.0. The molecule has 0 amide bonds. The Morgan fingerprint density at radius 2 is 0.958 bits per heavy atom. The van der Waals surface area contributed by atoms with Gasteiger partial charge in [-0.25, -0.2) is 8.42 Å². The van der Waals surface area contributed by atoms with Gasteiger partial charge in [-0.05, 0) is 23.3 Å². The lowest BCUT2D eigenvalue weighted by Crippen LogP contribution is -2.13. The number of hydrogen-bond acceptors (Lipinski definition) is 2. The monoisotopic (exact) mass is 335 g/mol. The van der Waals surface area contributed by atoms with Crippen LogP contribution in [-0.2, 0) is 10.0 Å². The van der Waals surface area contributed by atoms with Crippen LogP contribution in [0.5, 0.6) is 0 Å². The average molecular weight is 335 g/mol. The lowest BCUT2D eigenvalue weighted by atomic mass is 10.0. The maximum Gasteiger partial charge on any atom is 0.244 e. The molecule has 3 aromatic carbocycles. The molecule has 1 heterocycles. The molecule has 4 heteroatoms. The highest BCUT2D eigenvalue weighted by molar-refractivity contribution is 7.89. The maximum atomic E-state index is 13.1. The van der Waals surface area contributed by atoms with Crippen LogP contribution < -0.4 is 0 Å². The van der Waals surface area contributed by atoms with Crippen molar-refractivity contribution in [1.29, 1.82) is 0 Å². The minimum Gasteiger partial charge on any atom is -0.207 e. The molecule has 1 aliphatic heterocycles. The van der Waals surface area contributed by atoms with E-state index in [1.807, 2.05) is 66.7 Å². The van der Waals surface area contributed by atoms with Gasteiger partial charge in [0.05, 0.1) is 17.0 Å². The van der Waals surface area contributed by atoms with Crippen LogP contribution in [0.3, 0.4) is 0 Å². The van der Waals surface area contributed by atoms with Crippen LogP contribution in [0, 0.1) is 0 Å². The first-order chi connectivity index (χ1) is 11.7. The summed E-state index contributed by atoms with van der Waals surface area (Å²) in [4.78, 5) is 0.337. The molecule has 1 fully saturated rings. The van der Waals surface area contributed by atoms with Gasteiger partial charge in [0.2, 0.25) is 10.0 Å². The topological polar surface area (TPSA) is 37.1 Å². The Balaban J connectivity index is 1.78. The molecular formula is C20H17NO2S. The van der Waals surface area contributed by atoms with Crippen LogP contribution in [0.4, 0.5) is 0 Å². The molecule has 0 aromatic heterocycles. The Labute approximate surface area is 142 Å². The van der Waals surface area contributed by atoms with Crippen LogP contribution >= 0.6 is 0 Å². The zero-order chi connectivity index (χ0) is 16.6. The Morgan fingerprint density at radius 3 is 1.38 bits per heavy atom. The molecule has 2 atom stereocenters.